The Bertz CT molecular complexity index is 300. The first kappa shape index (κ1) is 19.9. The van der Waals surface area contributed by atoms with Crippen molar-refractivity contribution in [3.05, 3.63) is 0 Å². The average molecular weight is 314 g/mol. The van der Waals surface area contributed by atoms with E-state index in [0.29, 0.717) is 6.04 Å². The minimum atomic E-state index is -0.0437. The fourth-order valence-electron chi connectivity index (χ4n) is 5.13. The van der Waals surface area contributed by atoms with Crippen LogP contribution < -0.4 is 0 Å². The Morgan fingerprint density at radius 2 is 1.09 bits per heavy atom. The zero-order valence-electron chi connectivity index (χ0n) is 16.3. The molecule has 1 rings (SSSR count). The van der Waals surface area contributed by atoms with Gasteiger partial charge in [-0.3, -0.25) is 0 Å². The van der Waals surface area contributed by atoms with Crippen LogP contribution >= 0.6 is 0 Å². The maximum absolute atomic E-state index is 11.2. The lowest BCUT2D eigenvalue weighted by Gasteiger charge is -2.59. The van der Waals surface area contributed by atoms with Crippen molar-refractivity contribution in [2.45, 2.75) is 104 Å². The summed E-state index contributed by atoms with van der Waals surface area (Å²) in [7, 11) is 0. The van der Waals surface area contributed by atoms with Crippen LogP contribution in [0.4, 0.5) is 0 Å². The molecule has 0 spiro atoms. The van der Waals surface area contributed by atoms with Crippen molar-refractivity contribution in [2.75, 3.05) is 19.6 Å². The molecule has 3 nitrogen and oxygen atoms in total. The lowest BCUT2D eigenvalue weighted by atomic mass is 9.70. The lowest BCUT2D eigenvalue weighted by molar-refractivity contribution is -0.949. The Morgan fingerprint density at radius 1 is 0.773 bits per heavy atom. The zero-order valence-corrected chi connectivity index (χ0v) is 16.3. The largest absolute Gasteiger partial charge is 0.322 e. The minimum Gasteiger partial charge on any atom is -0.322 e. The molecule has 22 heavy (non-hydrogen) atoms. The van der Waals surface area contributed by atoms with Crippen molar-refractivity contribution >= 4 is 0 Å². The number of hydroxylamine groups is 2. The molecule has 0 unspecified atom stereocenters. The Morgan fingerprint density at radius 3 is 1.32 bits per heavy atom. The summed E-state index contributed by atoms with van der Waals surface area (Å²) < 4.78 is 1.21. The van der Waals surface area contributed by atoms with E-state index in [9.17, 15) is 5.21 Å². The normalized spacial score (nSPS) is 22.9. The van der Waals surface area contributed by atoms with Crippen LogP contribution in [0.3, 0.4) is 0 Å². The monoisotopic (exact) mass is 313 g/mol. The molecule has 0 radical (unpaired) electrons. The van der Waals surface area contributed by atoms with Crippen molar-refractivity contribution in [1.29, 1.82) is 0 Å². The average Bonchev–Trinajstić information content (AvgIpc) is 2.58. The van der Waals surface area contributed by atoms with E-state index in [4.69, 9.17) is 0 Å². The van der Waals surface area contributed by atoms with Gasteiger partial charge in [-0.2, -0.15) is 5.06 Å². The highest BCUT2D eigenvalue weighted by atomic mass is 16.5. The standard InChI is InChI=1S/C19H41N2O/c1-8-18(9-2)15-17(21(12-5,13-6)14-7)16-19(10-3,11-4)20(18)22/h17,22H,8-16H2,1-7H3/q+1. The van der Waals surface area contributed by atoms with E-state index in [1.54, 1.807) is 0 Å². The van der Waals surface area contributed by atoms with Crippen molar-refractivity contribution in [3.63, 3.8) is 0 Å². The van der Waals surface area contributed by atoms with Gasteiger partial charge >= 0.3 is 0 Å². The Labute approximate surface area is 139 Å². The van der Waals surface area contributed by atoms with Gasteiger partial charge in [0.1, 0.15) is 0 Å². The van der Waals surface area contributed by atoms with Crippen LogP contribution in [-0.2, 0) is 0 Å². The molecule has 1 heterocycles. The molecule has 0 aromatic rings. The topological polar surface area (TPSA) is 23.5 Å². The highest BCUT2D eigenvalue weighted by Crippen LogP contribution is 2.47. The van der Waals surface area contributed by atoms with Crippen LogP contribution in [0, 0.1) is 0 Å². The van der Waals surface area contributed by atoms with Crippen LogP contribution in [-0.4, -0.2) is 51.5 Å². The van der Waals surface area contributed by atoms with E-state index in [-0.39, 0.29) is 11.1 Å². The molecule has 0 saturated carbocycles. The third-order valence-corrected chi connectivity index (χ3v) is 7.43. The van der Waals surface area contributed by atoms with Gasteiger partial charge in [-0.25, -0.2) is 0 Å². The zero-order chi connectivity index (χ0) is 17.0. The molecule has 0 amide bonds. The molecule has 0 atom stereocenters. The molecule has 1 saturated heterocycles. The molecule has 0 aliphatic carbocycles. The van der Waals surface area contributed by atoms with Gasteiger partial charge in [-0.1, -0.05) is 27.7 Å². The molecule has 1 fully saturated rings. The first-order chi connectivity index (χ1) is 10.4. The third-order valence-electron chi connectivity index (χ3n) is 7.43. The summed E-state index contributed by atoms with van der Waals surface area (Å²) in [6, 6.07) is 0.670. The summed E-state index contributed by atoms with van der Waals surface area (Å²) in [5, 5.41) is 13.0. The Kier molecular flexibility index (Phi) is 6.91. The Balaban J connectivity index is 3.33. The number of quaternary nitrogens is 1. The van der Waals surface area contributed by atoms with E-state index in [1.165, 1.54) is 24.1 Å². The first-order valence-electron chi connectivity index (χ1n) is 9.74. The number of nitrogens with zero attached hydrogens (tertiary/aromatic N) is 2. The second-order valence-corrected chi connectivity index (χ2v) is 7.40. The molecular formula is C19H41N2O+. The van der Waals surface area contributed by atoms with Crippen molar-refractivity contribution < 1.29 is 9.69 Å². The first-order valence-corrected chi connectivity index (χ1v) is 9.74. The lowest BCUT2D eigenvalue weighted by Crippen LogP contribution is -2.70. The van der Waals surface area contributed by atoms with Gasteiger partial charge in [0.15, 0.2) is 0 Å². The molecule has 3 heteroatoms. The number of piperidine rings is 1. The van der Waals surface area contributed by atoms with Crippen LogP contribution in [0.25, 0.3) is 0 Å². The molecule has 0 bridgehead atoms. The highest BCUT2D eigenvalue weighted by molar-refractivity contribution is 5.03. The van der Waals surface area contributed by atoms with Crippen LogP contribution in [0.5, 0.6) is 0 Å². The maximum atomic E-state index is 11.2. The van der Waals surface area contributed by atoms with E-state index in [1.807, 2.05) is 5.06 Å². The Hall–Kier alpha value is -0.120. The van der Waals surface area contributed by atoms with Crippen LogP contribution in [0.1, 0.15) is 87.0 Å². The molecular weight excluding hydrogens is 272 g/mol. The molecule has 1 N–H and O–H groups in total. The second-order valence-electron chi connectivity index (χ2n) is 7.40. The number of hydrogen-bond acceptors (Lipinski definition) is 2. The maximum Gasteiger partial charge on any atom is 0.0927 e. The highest BCUT2D eigenvalue weighted by Gasteiger charge is 2.55. The summed E-state index contributed by atoms with van der Waals surface area (Å²) in [5.74, 6) is 0. The van der Waals surface area contributed by atoms with Gasteiger partial charge in [-0.15, -0.1) is 0 Å². The number of rotatable bonds is 8. The SMILES string of the molecule is CCC1(CC)CC([N+](CC)(CC)CC)CC(CC)(CC)N1O. The van der Waals surface area contributed by atoms with E-state index in [0.717, 1.165) is 38.5 Å². The number of hydrogen-bond donors (Lipinski definition) is 1. The van der Waals surface area contributed by atoms with E-state index in [2.05, 4.69) is 48.5 Å². The van der Waals surface area contributed by atoms with Crippen molar-refractivity contribution in [1.82, 2.24) is 5.06 Å². The van der Waals surface area contributed by atoms with Crippen molar-refractivity contribution in [2.24, 2.45) is 0 Å². The quantitative estimate of drug-likeness (QED) is 0.649. The fraction of sp³-hybridized carbons (Fsp3) is 1.00. The summed E-state index contributed by atoms with van der Waals surface area (Å²) in [6.45, 7) is 19.7. The van der Waals surface area contributed by atoms with Gasteiger partial charge in [-0.05, 0) is 46.5 Å². The van der Waals surface area contributed by atoms with E-state index < -0.39 is 0 Å². The summed E-state index contributed by atoms with van der Waals surface area (Å²) >= 11 is 0. The minimum absolute atomic E-state index is 0.0437. The van der Waals surface area contributed by atoms with Crippen LogP contribution in [0.15, 0.2) is 0 Å². The van der Waals surface area contributed by atoms with Crippen molar-refractivity contribution in [3.8, 4) is 0 Å². The summed E-state index contributed by atoms with van der Waals surface area (Å²) in [4.78, 5) is 0. The molecule has 0 aromatic heterocycles. The third kappa shape index (κ3) is 2.97. The summed E-state index contributed by atoms with van der Waals surface area (Å²) in [5.41, 5.74) is -0.0874. The predicted octanol–water partition coefficient (Wildman–Crippen LogP) is 4.83. The van der Waals surface area contributed by atoms with Gasteiger partial charge in [0.05, 0.1) is 36.8 Å². The van der Waals surface area contributed by atoms with E-state index >= 15 is 0 Å². The van der Waals surface area contributed by atoms with Gasteiger partial charge in [0.25, 0.3) is 0 Å². The van der Waals surface area contributed by atoms with Gasteiger partial charge in [0, 0.05) is 12.8 Å². The molecule has 0 aromatic carbocycles. The second kappa shape index (κ2) is 7.63. The van der Waals surface area contributed by atoms with Crippen LogP contribution in [0.2, 0.25) is 0 Å². The fourth-order valence-corrected chi connectivity index (χ4v) is 5.13. The predicted molar refractivity (Wildman–Crippen MR) is 95.2 cm³/mol. The summed E-state index contributed by atoms with van der Waals surface area (Å²) in [6.07, 6.45) is 6.41. The molecule has 132 valence electrons. The molecule has 1 aliphatic heterocycles. The van der Waals surface area contributed by atoms with Gasteiger partial charge < -0.3 is 9.69 Å². The molecule has 1 aliphatic rings. The van der Waals surface area contributed by atoms with Gasteiger partial charge in [0.2, 0.25) is 0 Å². The smallest absolute Gasteiger partial charge is 0.0927 e.